The van der Waals surface area contributed by atoms with Crippen LogP contribution in [0.5, 0.6) is 0 Å². The molecule has 0 radical (unpaired) electrons. The summed E-state index contributed by atoms with van der Waals surface area (Å²) in [6, 6.07) is 4.09. The molecule has 106 valence electrons. The SMILES string of the molecule is Cc1cc(C)nc(N2CCC[C@H](Cc3ccn[nH]3)C2)n1. The fourth-order valence-electron chi connectivity index (χ4n) is 2.97. The van der Waals surface area contributed by atoms with Gasteiger partial charge in [-0.15, -0.1) is 0 Å². The third-order valence-electron chi connectivity index (χ3n) is 3.84. The minimum atomic E-state index is 0.647. The van der Waals surface area contributed by atoms with Crippen LogP contribution in [-0.2, 0) is 6.42 Å². The summed E-state index contributed by atoms with van der Waals surface area (Å²) in [4.78, 5) is 11.5. The zero-order valence-corrected chi connectivity index (χ0v) is 12.1. The van der Waals surface area contributed by atoms with Crippen molar-refractivity contribution >= 4 is 5.95 Å². The summed E-state index contributed by atoms with van der Waals surface area (Å²) in [6.07, 6.45) is 5.35. The molecule has 5 heteroatoms. The Labute approximate surface area is 119 Å². The van der Waals surface area contributed by atoms with Gasteiger partial charge < -0.3 is 4.90 Å². The van der Waals surface area contributed by atoms with Crippen molar-refractivity contribution in [1.82, 2.24) is 20.2 Å². The van der Waals surface area contributed by atoms with Crippen molar-refractivity contribution in [1.29, 1.82) is 0 Å². The molecule has 0 aliphatic carbocycles. The number of hydrogen-bond acceptors (Lipinski definition) is 4. The van der Waals surface area contributed by atoms with Crippen molar-refractivity contribution in [2.45, 2.75) is 33.1 Å². The van der Waals surface area contributed by atoms with Gasteiger partial charge in [-0.05, 0) is 51.2 Å². The second-order valence-electron chi connectivity index (χ2n) is 5.69. The van der Waals surface area contributed by atoms with Gasteiger partial charge in [0.05, 0.1) is 0 Å². The van der Waals surface area contributed by atoms with Crippen molar-refractivity contribution in [3.63, 3.8) is 0 Å². The summed E-state index contributed by atoms with van der Waals surface area (Å²) in [5.74, 6) is 1.53. The van der Waals surface area contributed by atoms with Gasteiger partial charge in [-0.1, -0.05) is 0 Å². The van der Waals surface area contributed by atoms with Gasteiger partial charge in [-0.2, -0.15) is 5.10 Å². The van der Waals surface area contributed by atoms with Gasteiger partial charge >= 0.3 is 0 Å². The lowest BCUT2D eigenvalue weighted by Crippen LogP contribution is -2.37. The first-order chi connectivity index (χ1) is 9.70. The highest BCUT2D eigenvalue weighted by Crippen LogP contribution is 2.23. The Balaban J connectivity index is 1.71. The third kappa shape index (κ3) is 2.98. The van der Waals surface area contributed by atoms with Gasteiger partial charge in [0.2, 0.25) is 5.95 Å². The van der Waals surface area contributed by atoms with E-state index in [9.17, 15) is 0 Å². The molecule has 1 atom stereocenters. The minimum absolute atomic E-state index is 0.647. The van der Waals surface area contributed by atoms with Crippen LogP contribution in [0.3, 0.4) is 0 Å². The number of nitrogens with one attached hydrogen (secondary N) is 1. The van der Waals surface area contributed by atoms with Crippen molar-refractivity contribution < 1.29 is 0 Å². The Morgan fingerprint density at radius 2 is 2.10 bits per heavy atom. The van der Waals surface area contributed by atoms with Gasteiger partial charge in [0.1, 0.15) is 0 Å². The average molecular weight is 271 g/mol. The Morgan fingerprint density at radius 1 is 1.30 bits per heavy atom. The number of piperidine rings is 1. The first-order valence-electron chi connectivity index (χ1n) is 7.26. The Bertz CT molecular complexity index is 543. The number of aromatic nitrogens is 4. The molecule has 5 nitrogen and oxygen atoms in total. The normalized spacial score (nSPS) is 19.3. The van der Waals surface area contributed by atoms with Crippen LogP contribution < -0.4 is 4.90 Å². The van der Waals surface area contributed by atoms with Crippen LogP contribution in [0.4, 0.5) is 5.95 Å². The summed E-state index contributed by atoms with van der Waals surface area (Å²) < 4.78 is 0. The maximum Gasteiger partial charge on any atom is 0.225 e. The van der Waals surface area contributed by atoms with Gasteiger partial charge in [0.15, 0.2) is 0 Å². The first kappa shape index (κ1) is 13.1. The van der Waals surface area contributed by atoms with Crippen molar-refractivity contribution in [2.24, 2.45) is 5.92 Å². The summed E-state index contributed by atoms with van der Waals surface area (Å²) in [6.45, 7) is 6.15. The van der Waals surface area contributed by atoms with Crippen LogP contribution in [0.2, 0.25) is 0 Å². The van der Waals surface area contributed by atoms with Crippen LogP contribution in [-0.4, -0.2) is 33.3 Å². The molecule has 1 N–H and O–H groups in total. The summed E-state index contributed by atoms with van der Waals surface area (Å²) >= 11 is 0. The first-order valence-corrected chi connectivity index (χ1v) is 7.26. The number of aromatic amines is 1. The third-order valence-corrected chi connectivity index (χ3v) is 3.84. The number of H-pyrrole nitrogens is 1. The second kappa shape index (κ2) is 5.61. The predicted molar refractivity (Wildman–Crippen MR) is 78.7 cm³/mol. The zero-order valence-electron chi connectivity index (χ0n) is 12.1. The average Bonchev–Trinajstić information content (AvgIpc) is 2.91. The van der Waals surface area contributed by atoms with E-state index < -0.39 is 0 Å². The molecule has 1 aliphatic rings. The number of anilines is 1. The summed E-state index contributed by atoms with van der Waals surface area (Å²) in [5, 5.41) is 7.08. The fourth-order valence-corrected chi connectivity index (χ4v) is 2.97. The van der Waals surface area contributed by atoms with Gasteiger partial charge in [-0.25, -0.2) is 9.97 Å². The molecule has 0 aromatic carbocycles. The number of hydrogen-bond donors (Lipinski definition) is 1. The number of rotatable bonds is 3. The molecule has 1 aliphatic heterocycles. The molecule has 1 saturated heterocycles. The molecule has 0 unspecified atom stereocenters. The maximum atomic E-state index is 4.58. The summed E-state index contributed by atoms with van der Waals surface area (Å²) in [5.41, 5.74) is 3.31. The Kier molecular flexibility index (Phi) is 3.67. The fraction of sp³-hybridized carbons (Fsp3) is 0.533. The molecular weight excluding hydrogens is 250 g/mol. The molecule has 3 rings (SSSR count). The van der Waals surface area contributed by atoms with E-state index in [4.69, 9.17) is 0 Å². The lowest BCUT2D eigenvalue weighted by molar-refractivity contribution is 0.406. The number of nitrogens with zero attached hydrogens (tertiary/aromatic N) is 4. The Morgan fingerprint density at radius 3 is 2.80 bits per heavy atom. The van der Waals surface area contributed by atoms with Gasteiger partial charge in [0, 0.05) is 36.4 Å². The summed E-state index contributed by atoms with van der Waals surface area (Å²) in [7, 11) is 0. The van der Waals surface area contributed by atoms with E-state index in [-0.39, 0.29) is 0 Å². The van der Waals surface area contributed by atoms with Crippen LogP contribution in [0, 0.1) is 19.8 Å². The maximum absolute atomic E-state index is 4.58. The lowest BCUT2D eigenvalue weighted by atomic mass is 9.93. The second-order valence-corrected chi connectivity index (χ2v) is 5.69. The van der Waals surface area contributed by atoms with E-state index in [1.165, 1.54) is 18.5 Å². The highest BCUT2D eigenvalue weighted by molar-refractivity contribution is 5.33. The Hall–Kier alpha value is -1.91. The topological polar surface area (TPSA) is 57.7 Å². The lowest BCUT2D eigenvalue weighted by Gasteiger charge is -2.32. The van der Waals surface area contributed by atoms with Crippen molar-refractivity contribution in [3.05, 3.63) is 35.4 Å². The van der Waals surface area contributed by atoms with Crippen LogP contribution in [0.15, 0.2) is 18.3 Å². The zero-order chi connectivity index (χ0) is 13.9. The van der Waals surface area contributed by atoms with E-state index in [0.29, 0.717) is 5.92 Å². The molecule has 2 aromatic rings. The van der Waals surface area contributed by atoms with E-state index >= 15 is 0 Å². The molecule has 0 saturated carbocycles. The van der Waals surface area contributed by atoms with Crippen molar-refractivity contribution in [2.75, 3.05) is 18.0 Å². The van der Waals surface area contributed by atoms with Crippen molar-refractivity contribution in [3.8, 4) is 0 Å². The highest BCUT2D eigenvalue weighted by Gasteiger charge is 2.22. The number of aryl methyl sites for hydroxylation is 2. The van der Waals surface area contributed by atoms with Crippen LogP contribution in [0.25, 0.3) is 0 Å². The predicted octanol–water partition coefficient (Wildman–Crippen LogP) is 2.28. The largest absolute Gasteiger partial charge is 0.341 e. The molecule has 0 amide bonds. The molecule has 0 spiro atoms. The molecule has 1 fully saturated rings. The van der Waals surface area contributed by atoms with Crippen LogP contribution in [0.1, 0.15) is 29.9 Å². The van der Waals surface area contributed by atoms with E-state index in [0.717, 1.165) is 36.8 Å². The monoisotopic (exact) mass is 271 g/mol. The molecule has 3 heterocycles. The van der Waals surface area contributed by atoms with Gasteiger partial charge in [0.25, 0.3) is 0 Å². The smallest absolute Gasteiger partial charge is 0.225 e. The van der Waals surface area contributed by atoms with Gasteiger partial charge in [-0.3, -0.25) is 5.10 Å². The van der Waals surface area contributed by atoms with E-state index in [2.05, 4.69) is 31.1 Å². The quantitative estimate of drug-likeness (QED) is 0.930. The van der Waals surface area contributed by atoms with Crippen LogP contribution >= 0.6 is 0 Å². The van der Waals surface area contributed by atoms with E-state index in [1.807, 2.05) is 26.1 Å². The molecular formula is C15H21N5. The minimum Gasteiger partial charge on any atom is -0.341 e. The highest BCUT2D eigenvalue weighted by atomic mass is 15.3. The molecule has 20 heavy (non-hydrogen) atoms. The molecule has 0 bridgehead atoms. The van der Waals surface area contributed by atoms with E-state index in [1.54, 1.807) is 0 Å². The standard InChI is InChI=1S/C15H21N5/c1-11-8-12(2)18-15(17-11)20-7-3-4-13(10-20)9-14-5-6-16-19-14/h5-6,8,13H,3-4,7,9-10H2,1-2H3,(H,16,19)/t13-/m1/s1. The molecule has 2 aromatic heterocycles.